The van der Waals surface area contributed by atoms with Crippen LogP contribution in [-0.4, -0.2) is 30.4 Å². The largest absolute Gasteiger partial charge is 0.494 e. The number of hydrogen-bond donors (Lipinski definition) is 1. The molecular weight excluding hydrogens is 448 g/mol. The van der Waals surface area contributed by atoms with Gasteiger partial charge in [0.05, 0.1) is 34.6 Å². The Hall–Kier alpha value is -2.64. The van der Waals surface area contributed by atoms with E-state index in [4.69, 9.17) is 19.2 Å². The van der Waals surface area contributed by atoms with Gasteiger partial charge >= 0.3 is 6.09 Å². The lowest BCUT2D eigenvalue weighted by molar-refractivity contribution is 0.0635. The summed E-state index contributed by atoms with van der Waals surface area (Å²) in [5.74, 6) is 1.66. The van der Waals surface area contributed by atoms with E-state index in [1.807, 2.05) is 51.1 Å². The van der Waals surface area contributed by atoms with E-state index in [0.29, 0.717) is 29.9 Å². The number of anilines is 1. The first kappa shape index (κ1) is 24.5. The van der Waals surface area contributed by atoms with Crippen LogP contribution >= 0.6 is 11.3 Å². The van der Waals surface area contributed by atoms with Crippen molar-refractivity contribution in [1.82, 2.24) is 4.98 Å². The van der Waals surface area contributed by atoms with Gasteiger partial charge in [0.1, 0.15) is 11.4 Å². The highest BCUT2D eigenvalue weighted by atomic mass is 32.1. The number of benzene rings is 2. The Morgan fingerprint density at radius 3 is 2.53 bits per heavy atom. The summed E-state index contributed by atoms with van der Waals surface area (Å²) in [6.45, 7) is 7.02. The maximum Gasteiger partial charge on any atom is 0.412 e. The number of amides is 1. The molecule has 0 atom stereocenters. The van der Waals surface area contributed by atoms with Crippen molar-refractivity contribution in [3.05, 3.63) is 53.0 Å². The molecule has 1 heterocycles. The quantitative estimate of drug-likeness (QED) is 0.387. The lowest BCUT2D eigenvalue weighted by atomic mass is 9.83. The summed E-state index contributed by atoms with van der Waals surface area (Å²) in [5, 5.41) is 3.98. The molecule has 0 saturated heterocycles. The van der Waals surface area contributed by atoms with Crippen molar-refractivity contribution in [2.75, 3.05) is 19.0 Å². The zero-order valence-electron chi connectivity index (χ0n) is 20.4. The number of aromatic nitrogens is 1. The van der Waals surface area contributed by atoms with Gasteiger partial charge in [-0.3, -0.25) is 5.32 Å². The van der Waals surface area contributed by atoms with Gasteiger partial charge in [0.15, 0.2) is 0 Å². The van der Waals surface area contributed by atoms with Crippen LogP contribution in [0.3, 0.4) is 0 Å². The number of ether oxygens (including phenoxy) is 3. The number of hydrogen-bond acceptors (Lipinski definition) is 6. The summed E-state index contributed by atoms with van der Waals surface area (Å²) < 4.78 is 17.9. The van der Waals surface area contributed by atoms with Crippen LogP contribution in [0.4, 0.5) is 10.5 Å². The summed E-state index contributed by atoms with van der Waals surface area (Å²) in [5.41, 5.74) is 2.16. The first-order chi connectivity index (χ1) is 16.3. The maximum atomic E-state index is 12.3. The highest BCUT2D eigenvalue weighted by molar-refractivity contribution is 7.18. The minimum atomic E-state index is -0.565. The molecule has 34 heavy (non-hydrogen) atoms. The van der Waals surface area contributed by atoms with Gasteiger partial charge < -0.3 is 14.2 Å². The Labute approximate surface area is 205 Å². The van der Waals surface area contributed by atoms with Crippen LogP contribution in [-0.2, 0) is 16.1 Å². The average molecular weight is 483 g/mol. The van der Waals surface area contributed by atoms with E-state index < -0.39 is 11.7 Å². The monoisotopic (exact) mass is 482 g/mol. The van der Waals surface area contributed by atoms with E-state index in [1.165, 1.54) is 5.56 Å². The molecule has 1 fully saturated rings. The normalized spacial score (nSPS) is 18.6. The van der Waals surface area contributed by atoms with Crippen LogP contribution in [0.2, 0.25) is 0 Å². The number of carbonyl (C=O) groups is 1. The molecule has 0 unspecified atom stereocenters. The Balaban J connectivity index is 1.36. The van der Waals surface area contributed by atoms with E-state index in [2.05, 4.69) is 17.4 Å². The molecule has 0 radical (unpaired) electrons. The molecule has 182 valence electrons. The van der Waals surface area contributed by atoms with Crippen molar-refractivity contribution in [3.63, 3.8) is 0 Å². The molecule has 2 aromatic carbocycles. The zero-order valence-corrected chi connectivity index (χ0v) is 21.2. The Morgan fingerprint density at radius 1 is 1.12 bits per heavy atom. The summed E-state index contributed by atoms with van der Waals surface area (Å²) in [6.07, 6.45) is 4.06. The molecule has 1 aliphatic rings. The second-order valence-electron chi connectivity index (χ2n) is 9.92. The Kier molecular flexibility index (Phi) is 7.73. The predicted octanol–water partition coefficient (Wildman–Crippen LogP) is 7.14. The third-order valence-electron chi connectivity index (χ3n) is 6.02. The van der Waals surface area contributed by atoms with Crippen LogP contribution in [0.1, 0.15) is 62.9 Å². The highest BCUT2D eigenvalue weighted by Crippen LogP contribution is 2.41. The molecule has 7 heteroatoms. The van der Waals surface area contributed by atoms with E-state index in [1.54, 1.807) is 18.4 Å². The summed E-state index contributed by atoms with van der Waals surface area (Å²) in [7, 11) is 1.59. The van der Waals surface area contributed by atoms with Crippen molar-refractivity contribution in [2.45, 2.75) is 64.6 Å². The molecule has 6 nitrogen and oxygen atoms in total. The summed E-state index contributed by atoms with van der Waals surface area (Å²) in [6, 6.07) is 14.2. The first-order valence-electron chi connectivity index (χ1n) is 11.9. The fourth-order valence-corrected chi connectivity index (χ4v) is 5.48. The molecule has 1 aromatic heterocycles. The molecular formula is C27H34N2O4S. The predicted molar refractivity (Wildman–Crippen MR) is 137 cm³/mol. The lowest BCUT2D eigenvalue weighted by Crippen LogP contribution is -2.27. The van der Waals surface area contributed by atoms with Crippen molar-refractivity contribution in [1.29, 1.82) is 0 Å². The third kappa shape index (κ3) is 6.48. The second-order valence-corrected chi connectivity index (χ2v) is 11.0. The Morgan fingerprint density at radius 2 is 1.85 bits per heavy atom. The van der Waals surface area contributed by atoms with Crippen molar-refractivity contribution in [3.8, 4) is 5.75 Å². The SMILES string of the molecule is COc1cc2nc([C@H]3CC[C@H](COCc4ccccc4)CC3)sc2cc1NC(=O)OC(C)(C)C. The van der Waals surface area contributed by atoms with Crippen molar-refractivity contribution < 1.29 is 19.0 Å². The van der Waals surface area contributed by atoms with Crippen molar-refractivity contribution in [2.24, 2.45) is 5.92 Å². The van der Waals surface area contributed by atoms with Gasteiger partial charge in [-0.1, -0.05) is 30.3 Å². The smallest absolute Gasteiger partial charge is 0.412 e. The fourth-order valence-electron chi connectivity index (χ4n) is 4.32. The van der Waals surface area contributed by atoms with Crippen molar-refractivity contribution >= 4 is 33.3 Å². The van der Waals surface area contributed by atoms with Crippen LogP contribution in [0, 0.1) is 5.92 Å². The summed E-state index contributed by atoms with van der Waals surface area (Å²) >= 11 is 1.70. The maximum absolute atomic E-state index is 12.3. The minimum Gasteiger partial charge on any atom is -0.494 e. The van der Waals surface area contributed by atoms with Gasteiger partial charge in [-0.2, -0.15) is 0 Å². The zero-order chi connectivity index (χ0) is 24.1. The topological polar surface area (TPSA) is 69.7 Å². The third-order valence-corrected chi connectivity index (χ3v) is 7.20. The Bertz CT molecular complexity index is 1100. The van der Waals surface area contributed by atoms with E-state index in [-0.39, 0.29) is 0 Å². The molecule has 1 aliphatic carbocycles. The molecule has 1 saturated carbocycles. The molecule has 0 spiro atoms. The fraction of sp³-hybridized carbons (Fsp3) is 0.481. The number of methoxy groups -OCH3 is 1. The van der Waals surface area contributed by atoms with Crippen LogP contribution in [0.25, 0.3) is 10.2 Å². The van der Waals surface area contributed by atoms with Gasteiger partial charge in [-0.15, -0.1) is 11.3 Å². The molecule has 0 aliphatic heterocycles. The van der Waals surface area contributed by atoms with Crippen LogP contribution in [0.15, 0.2) is 42.5 Å². The standard InChI is InChI=1S/C27H34N2O4S/c1-27(2,3)33-26(30)29-21-15-24-22(14-23(21)31-4)28-25(34-24)20-12-10-19(11-13-20)17-32-16-18-8-6-5-7-9-18/h5-9,14-15,19-20H,10-13,16-17H2,1-4H3,(H,29,30)/t19-,20-. The van der Waals surface area contributed by atoms with E-state index in [9.17, 15) is 4.79 Å². The van der Waals surface area contributed by atoms with Gasteiger partial charge in [0.25, 0.3) is 0 Å². The lowest BCUT2D eigenvalue weighted by Gasteiger charge is -2.27. The highest BCUT2D eigenvalue weighted by Gasteiger charge is 2.26. The van der Waals surface area contributed by atoms with Gasteiger partial charge in [-0.05, 0) is 64.0 Å². The number of nitrogens with zero attached hydrogens (tertiary/aromatic N) is 1. The molecule has 3 aromatic rings. The van der Waals surface area contributed by atoms with Gasteiger partial charge in [-0.25, -0.2) is 9.78 Å². The number of carbonyl (C=O) groups excluding carboxylic acids is 1. The minimum absolute atomic E-state index is 0.469. The van der Waals surface area contributed by atoms with E-state index >= 15 is 0 Å². The van der Waals surface area contributed by atoms with Gasteiger partial charge in [0.2, 0.25) is 0 Å². The number of nitrogens with one attached hydrogen (secondary N) is 1. The number of fused-ring (bicyclic) bond motifs is 1. The van der Waals surface area contributed by atoms with Gasteiger partial charge in [0, 0.05) is 18.6 Å². The van der Waals surface area contributed by atoms with Crippen LogP contribution in [0.5, 0.6) is 5.75 Å². The average Bonchev–Trinajstić information content (AvgIpc) is 3.21. The second kappa shape index (κ2) is 10.7. The number of thiazole rings is 1. The molecule has 1 amide bonds. The first-order valence-corrected chi connectivity index (χ1v) is 12.7. The summed E-state index contributed by atoms with van der Waals surface area (Å²) in [4.78, 5) is 17.2. The molecule has 0 bridgehead atoms. The number of rotatable bonds is 7. The van der Waals surface area contributed by atoms with E-state index in [0.717, 1.165) is 47.5 Å². The molecule has 1 N–H and O–H groups in total. The molecule has 4 rings (SSSR count). The van der Waals surface area contributed by atoms with Crippen LogP contribution < -0.4 is 10.1 Å².